The van der Waals surface area contributed by atoms with Crippen molar-refractivity contribution in [3.63, 3.8) is 0 Å². The summed E-state index contributed by atoms with van der Waals surface area (Å²) in [5.41, 5.74) is 1.05. The molecule has 1 aliphatic rings. The minimum Gasteiger partial charge on any atom is -0.447 e. The Labute approximate surface area is 172 Å². The number of benzene rings is 1. The summed E-state index contributed by atoms with van der Waals surface area (Å²) in [6, 6.07) is 8.51. The molecule has 1 aliphatic heterocycles. The molecule has 0 amide bonds. The van der Waals surface area contributed by atoms with Gasteiger partial charge >= 0.3 is 0 Å². The van der Waals surface area contributed by atoms with Crippen LogP contribution in [0.25, 0.3) is 0 Å². The lowest BCUT2D eigenvalue weighted by Gasteiger charge is -2.31. The summed E-state index contributed by atoms with van der Waals surface area (Å²) in [4.78, 5) is 24.6. The van der Waals surface area contributed by atoms with Crippen molar-refractivity contribution in [1.29, 1.82) is 0 Å². The molecule has 8 heteroatoms. The summed E-state index contributed by atoms with van der Waals surface area (Å²) in [5.74, 6) is 0.571. The summed E-state index contributed by atoms with van der Waals surface area (Å²) in [6.45, 7) is 6.51. The number of hydrogen-bond acceptors (Lipinski definition) is 7. The summed E-state index contributed by atoms with van der Waals surface area (Å²) in [5, 5.41) is 19.6. The smallest absolute Gasteiger partial charge is 0.253 e. The first-order chi connectivity index (χ1) is 13.7. The maximum Gasteiger partial charge on any atom is 0.253 e. The highest BCUT2D eigenvalue weighted by Crippen LogP contribution is 2.39. The first-order valence-corrected chi connectivity index (χ1v) is 9.70. The fraction of sp³-hybridized carbons (Fsp3) is 0.333. The zero-order valence-corrected chi connectivity index (χ0v) is 17.1. The number of furan rings is 1. The maximum atomic E-state index is 12.3. The largest absolute Gasteiger partial charge is 0.447 e. The van der Waals surface area contributed by atoms with Crippen LogP contribution in [0.5, 0.6) is 0 Å². The number of aliphatic hydroxyl groups is 1. The summed E-state index contributed by atoms with van der Waals surface area (Å²) in [6.07, 6.45) is -0.829. The minimum atomic E-state index is -0.829. The number of anilines is 3. The minimum absolute atomic E-state index is 0.175. The van der Waals surface area contributed by atoms with E-state index >= 15 is 0 Å². The van der Waals surface area contributed by atoms with Crippen molar-refractivity contribution in [2.75, 3.05) is 10.6 Å². The van der Waals surface area contributed by atoms with Crippen LogP contribution in [-0.4, -0.2) is 5.11 Å². The van der Waals surface area contributed by atoms with Gasteiger partial charge < -0.3 is 20.2 Å². The first kappa shape index (κ1) is 19.7. The van der Waals surface area contributed by atoms with E-state index in [0.29, 0.717) is 23.6 Å². The van der Waals surface area contributed by atoms with E-state index in [2.05, 4.69) is 16.0 Å². The third-order valence-corrected chi connectivity index (χ3v) is 5.36. The Hall–Kier alpha value is -2.61. The second kappa shape index (κ2) is 7.02. The molecule has 2 atom stereocenters. The Morgan fingerprint density at radius 2 is 1.90 bits per heavy atom. The molecule has 7 nitrogen and oxygen atoms in total. The van der Waals surface area contributed by atoms with Gasteiger partial charge in [0.25, 0.3) is 10.9 Å². The number of fused-ring (bicyclic) bond motifs is 1. The Bertz CT molecular complexity index is 1140. The number of hydrogen-bond donors (Lipinski definition) is 4. The van der Waals surface area contributed by atoms with Crippen LogP contribution in [0.4, 0.5) is 17.1 Å². The number of aliphatic hydroxyl groups excluding tert-OH is 1. The highest BCUT2D eigenvalue weighted by Gasteiger charge is 2.33. The van der Waals surface area contributed by atoms with Gasteiger partial charge in [0, 0.05) is 17.8 Å². The van der Waals surface area contributed by atoms with Crippen molar-refractivity contribution in [2.24, 2.45) is 5.41 Å². The summed E-state index contributed by atoms with van der Waals surface area (Å²) >= 11 is 5.93. The Morgan fingerprint density at radius 1 is 1.17 bits per heavy atom. The van der Waals surface area contributed by atoms with E-state index in [1.165, 1.54) is 0 Å². The van der Waals surface area contributed by atoms with E-state index < -0.39 is 17.1 Å². The standard InChI is InChI=1S/C21H22ClN3O4/c1-21(2,3)19(12-7-8-13(22)29-12)25-16-15(17(26)18(16)27)24-11-6-4-5-10-9-23-20(28)14(10)11/h4-8,19-20,23-25,28H,9H2,1-3H3/t19-,20?/m0/s1. The molecule has 152 valence electrons. The Balaban J connectivity index is 1.68. The van der Waals surface area contributed by atoms with Crippen molar-refractivity contribution in [1.82, 2.24) is 5.32 Å². The van der Waals surface area contributed by atoms with E-state index in [9.17, 15) is 14.7 Å². The van der Waals surface area contributed by atoms with Gasteiger partial charge in [-0.3, -0.25) is 14.9 Å². The molecular weight excluding hydrogens is 394 g/mol. The van der Waals surface area contributed by atoms with Gasteiger partial charge in [-0.2, -0.15) is 0 Å². The number of nitrogens with one attached hydrogen (secondary N) is 3. The molecule has 0 spiro atoms. The molecule has 0 aliphatic carbocycles. The van der Waals surface area contributed by atoms with Gasteiger partial charge in [0.05, 0.1) is 6.04 Å². The molecule has 2 heterocycles. The number of rotatable bonds is 5. The van der Waals surface area contributed by atoms with Crippen LogP contribution in [0.15, 0.2) is 44.3 Å². The normalized spacial score (nSPS) is 17.3. The highest BCUT2D eigenvalue weighted by molar-refractivity contribution is 6.28. The zero-order chi connectivity index (χ0) is 20.9. The SMILES string of the molecule is CC(C)(C)[C@@H](Nc1c(Nc2cccc3c2C(O)NC3)c(=O)c1=O)c1ccc(Cl)o1. The molecular formula is C21H22ClN3O4. The van der Waals surface area contributed by atoms with Gasteiger partial charge in [-0.25, -0.2) is 0 Å². The van der Waals surface area contributed by atoms with Gasteiger partial charge in [-0.15, -0.1) is 0 Å². The molecule has 0 bridgehead atoms. The maximum absolute atomic E-state index is 12.3. The van der Waals surface area contributed by atoms with E-state index in [4.69, 9.17) is 16.0 Å². The van der Waals surface area contributed by atoms with Gasteiger partial charge in [-0.1, -0.05) is 32.9 Å². The van der Waals surface area contributed by atoms with E-state index in [0.717, 1.165) is 5.56 Å². The van der Waals surface area contributed by atoms with Crippen molar-refractivity contribution in [2.45, 2.75) is 39.6 Å². The molecule has 2 aromatic carbocycles. The van der Waals surface area contributed by atoms with Crippen LogP contribution >= 0.6 is 11.6 Å². The predicted octanol–water partition coefficient (Wildman–Crippen LogP) is 3.57. The van der Waals surface area contributed by atoms with Crippen molar-refractivity contribution in [3.05, 3.63) is 72.9 Å². The lowest BCUT2D eigenvalue weighted by Crippen LogP contribution is -2.39. The molecule has 1 aromatic heterocycles. The first-order valence-electron chi connectivity index (χ1n) is 9.32. The highest BCUT2D eigenvalue weighted by atomic mass is 35.5. The van der Waals surface area contributed by atoms with Crippen LogP contribution in [0.2, 0.25) is 5.22 Å². The molecule has 0 saturated carbocycles. The summed E-state index contributed by atoms with van der Waals surface area (Å²) < 4.78 is 5.55. The Morgan fingerprint density at radius 3 is 2.55 bits per heavy atom. The second-order valence-corrected chi connectivity index (χ2v) is 8.65. The molecule has 1 unspecified atom stereocenters. The Kier molecular flexibility index (Phi) is 4.77. The van der Waals surface area contributed by atoms with Gasteiger partial charge in [0.2, 0.25) is 0 Å². The fourth-order valence-corrected chi connectivity index (χ4v) is 3.79. The third kappa shape index (κ3) is 3.46. The molecule has 4 N–H and O–H groups in total. The van der Waals surface area contributed by atoms with Gasteiger partial charge in [0.1, 0.15) is 23.4 Å². The lowest BCUT2D eigenvalue weighted by molar-refractivity contribution is 0.152. The van der Waals surface area contributed by atoms with Crippen LogP contribution in [-0.2, 0) is 6.54 Å². The van der Waals surface area contributed by atoms with Crippen LogP contribution in [0.1, 0.15) is 49.9 Å². The van der Waals surface area contributed by atoms with Crippen molar-refractivity contribution in [3.8, 4) is 0 Å². The van der Waals surface area contributed by atoms with Gasteiger partial charge in [-0.05, 0) is 40.8 Å². The van der Waals surface area contributed by atoms with Crippen molar-refractivity contribution >= 4 is 28.7 Å². The van der Waals surface area contributed by atoms with Crippen LogP contribution < -0.4 is 26.8 Å². The second-order valence-electron chi connectivity index (χ2n) is 8.28. The average molecular weight is 416 g/mol. The lowest BCUT2D eigenvalue weighted by atomic mass is 9.85. The monoisotopic (exact) mass is 415 g/mol. The number of halogens is 1. The average Bonchev–Trinajstić information content (AvgIpc) is 3.26. The van der Waals surface area contributed by atoms with E-state index in [1.54, 1.807) is 18.2 Å². The fourth-order valence-electron chi connectivity index (χ4n) is 3.63. The van der Waals surface area contributed by atoms with Crippen LogP contribution in [0.3, 0.4) is 0 Å². The van der Waals surface area contributed by atoms with Crippen molar-refractivity contribution < 1.29 is 9.52 Å². The topological polar surface area (TPSA) is 104 Å². The third-order valence-electron chi connectivity index (χ3n) is 5.16. The zero-order valence-electron chi connectivity index (χ0n) is 16.3. The van der Waals surface area contributed by atoms with E-state index in [-0.39, 0.29) is 28.1 Å². The molecule has 3 aromatic rings. The van der Waals surface area contributed by atoms with Crippen LogP contribution in [0, 0.1) is 5.41 Å². The molecule has 29 heavy (non-hydrogen) atoms. The molecule has 0 saturated heterocycles. The molecule has 0 fully saturated rings. The molecule has 0 radical (unpaired) electrons. The molecule has 4 rings (SSSR count). The van der Waals surface area contributed by atoms with E-state index in [1.807, 2.05) is 32.9 Å². The predicted molar refractivity (Wildman–Crippen MR) is 112 cm³/mol. The van der Waals surface area contributed by atoms with Gasteiger partial charge in [0.15, 0.2) is 5.22 Å². The quantitative estimate of drug-likeness (QED) is 0.472. The summed E-state index contributed by atoms with van der Waals surface area (Å²) in [7, 11) is 0.